The molecule has 9 heteroatoms. The second-order valence-corrected chi connectivity index (χ2v) is 13.8. The minimum absolute atomic E-state index is 0.00826. The number of hydrogen-bond acceptors (Lipinski definition) is 4. The van der Waals surface area contributed by atoms with Crippen molar-refractivity contribution in [2.45, 2.75) is 57.8 Å². The van der Waals surface area contributed by atoms with Crippen LogP contribution in [0.2, 0.25) is 18.1 Å². The summed E-state index contributed by atoms with van der Waals surface area (Å²) in [6.07, 6.45) is 0.787. The van der Waals surface area contributed by atoms with E-state index in [0.29, 0.717) is 10.9 Å². The summed E-state index contributed by atoms with van der Waals surface area (Å²) in [5.41, 5.74) is -0.700. The maximum atomic E-state index is 14.2. The lowest BCUT2D eigenvalue weighted by Gasteiger charge is -2.38. The van der Waals surface area contributed by atoms with E-state index in [0.717, 1.165) is 6.07 Å². The van der Waals surface area contributed by atoms with Gasteiger partial charge in [0.1, 0.15) is 5.69 Å². The summed E-state index contributed by atoms with van der Waals surface area (Å²) in [7, 11) is -2.04. The van der Waals surface area contributed by atoms with Gasteiger partial charge in [-0.05, 0) is 36.7 Å². The number of hydrogen-bond donors (Lipinski definition) is 0. The quantitative estimate of drug-likeness (QED) is 0.361. The summed E-state index contributed by atoms with van der Waals surface area (Å²) in [4.78, 5) is 24.3. The number of carbonyl (C=O) groups is 1. The molecule has 1 aliphatic rings. The van der Waals surface area contributed by atoms with Crippen molar-refractivity contribution in [3.63, 3.8) is 0 Å². The van der Waals surface area contributed by atoms with Gasteiger partial charge in [0.15, 0.2) is 8.32 Å². The van der Waals surface area contributed by atoms with Crippen LogP contribution in [-0.4, -0.2) is 31.8 Å². The van der Waals surface area contributed by atoms with Crippen LogP contribution in [0.25, 0.3) is 0 Å². The van der Waals surface area contributed by atoms with Crippen LogP contribution in [0.15, 0.2) is 16.6 Å². The van der Waals surface area contributed by atoms with E-state index in [1.54, 1.807) is 0 Å². The number of rotatable bonds is 5. The normalized spacial score (nSPS) is 18.5. The minimum Gasteiger partial charge on any atom is -0.415 e. The first-order valence-corrected chi connectivity index (χ1v) is 12.1. The smallest absolute Gasteiger partial charge is 0.328 e. The summed E-state index contributed by atoms with van der Waals surface area (Å²) in [5, 5.41) is 11.4. The highest BCUT2D eigenvalue weighted by molar-refractivity contribution is 9.10. The van der Waals surface area contributed by atoms with Gasteiger partial charge in [0.2, 0.25) is 11.7 Å². The van der Waals surface area contributed by atoms with Crippen molar-refractivity contribution >= 4 is 41.5 Å². The molecule has 0 spiro atoms. The second kappa shape index (κ2) is 7.36. The Hall–Kier alpha value is -1.32. The number of carbonyl (C=O) groups excluding carboxylic acids is 1. The lowest BCUT2D eigenvalue weighted by molar-refractivity contribution is -0.386. The fourth-order valence-electron chi connectivity index (χ4n) is 2.67. The highest BCUT2D eigenvalue weighted by Crippen LogP contribution is 2.40. The minimum atomic E-state index is -2.04. The standard InChI is InChI=1S/C17H24BrFN2O4Si/c1-17(2,3)26(4,5)25-10-12-6-7-15(22)20(12)14-9-11(18)8-13(19)16(14)21(23)24/h8-9,12H,6-7,10H2,1-5H3. The predicted octanol–water partition coefficient (Wildman–Crippen LogP) is 5.01. The van der Waals surface area contributed by atoms with Crippen LogP contribution in [0.5, 0.6) is 0 Å². The molecule has 1 aromatic carbocycles. The molecule has 0 N–H and O–H groups in total. The third-order valence-electron chi connectivity index (χ3n) is 5.22. The lowest BCUT2D eigenvalue weighted by atomic mass is 10.2. The Balaban J connectivity index is 2.36. The van der Waals surface area contributed by atoms with Gasteiger partial charge in [0.05, 0.1) is 17.6 Å². The van der Waals surface area contributed by atoms with E-state index in [-0.39, 0.29) is 35.7 Å². The molecule has 6 nitrogen and oxygen atoms in total. The van der Waals surface area contributed by atoms with Gasteiger partial charge < -0.3 is 9.33 Å². The van der Waals surface area contributed by atoms with E-state index >= 15 is 0 Å². The fraction of sp³-hybridized carbons (Fsp3) is 0.588. The summed E-state index contributed by atoms with van der Waals surface area (Å²) in [6, 6.07) is 2.11. The highest BCUT2D eigenvalue weighted by Gasteiger charge is 2.41. The Labute approximate surface area is 162 Å². The van der Waals surface area contributed by atoms with Crippen molar-refractivity contribution in [3.05, 3.63) is 32.5 Å². The molecule has 2 rings (SSSR count). The molecule has 1 amide bonds. The second-order valence-electron chi connectivity index (χ2n) is 8.04. The first-order valence-electron chi connectivity index (χ1n) is 8.44. The zero-order chi connectivity index (χ0) is 19.9. The molecule has 1 aliphatic heterocycles. The van der Waals surface area contributed by atoms with E-state index < -0.39 is 24.7 Å². The maximum Gasteiger partial charge on any atom is 0.328 e. The van der Waals surface area contributed by atoms with Crippen molar-refractivity contribution in [2.75, 3.05) is 11.5 Å². The van der Waals surface area contributed by atoms with E-state index in [2.05, 4.69) is 49.8 Å². The molecule has 1 atom stereocenters. The van der Waals surface area contributed by atoms with Crippen molar-refractivity contribution in [1.29, 1.82) is 0 Å². The Morgan fingerprint density at radius 2 is 2.04 bits per heavy atom. The van der Waals surface area contributed by atoms with Crippen molar-refractivity contribution in [3.8, 4) is 0 Å². The van der Waals surface area contributed by atoms with Crippen LogP contribution in [0, 0.1) is 15.9 Å². The number of benzene rings is 1. The topological polar surface area (TPSA) is 72.7 Å². The third kappa shape index (κ3) is 4.15. The van der Waals surface area contributed by atoms with Gasteiger partial charge in [0, 0.05) is 10.9 Å². The average molecular weight is 447 g/mol. The monoisotopic (exact) mass is 446 g/mol. The zero-order valence-electron chi connectivity index (χ0n) is 15.6. The average Bonchev–Trinajstić information content (AvgIpc) is 2.83. The van der Waals surface area contributed by atoms with Gasteiger partial charge in [-0.25, -0.2) is 0 Å². The molecular formula is C17H24BrFN2O4Si. The molecule has 0 radical (unpaired) electrons. The van der Waals surface area contributed by atoms with E-state index in [1.807, 2.05) is 0 Å². The third-order valence-corrected chi connectivity index (χ3v) is 10.2. The van der Waals surface area contributed by atoms with Crippen LogP contribution < -0.4 is 4.90 Å². The SMILES string of the molecule is CC(C)(C)[Si](C)(C)OCC1CCC(=O)N1c1cc(Br)cc(F)c1[N+](=O)[O-]. The van der Waals surface area contributed by atoms with Gasteiger partial charge in [-0.15, -0.1) is 0 Å². The summed E-state index contributed by atoms with van der Waals surface area (Å²) in [5.74, 6) is -1.22. The molecule has 1 fully saturated rings. The summed E-state index contributed by atoms with van der Waals surface area (Å²) in [6.45, 7) is 10.8. The highest BCUT2D eigenvalue weighted by atomic mass is 79.9. The van der Waals surface area contributed by atoms with Crippen molar-refractivity contribution < 1.29 is 18.5 Å². The molecule has 1 aromatic rings. The number of amides is 1. The summed E-state index contributed by atoms with van der Waals surface area (Å²) >= 11 is 3.16. The van der Waals surface area contributed by atoms with E-state index in [1.165, 1.54) is 11.0 Å². The molecule has 0 saturated carbocycles. The van der Waals surface area contributed by atoms with Gasteiger partial charge in [0.25, 0.3) is 0 Å². The molecule has 1 heterocycles. The fourth-order valence-corrected chi connectivity index (χ4v) is 4.13. The van der Waals surface area contributed by atoms with Gasteiger partial charge in [-0.1, -0.05) is 36.7 Å². The molecule has 26 heavy (non-hydrogen) atoms. The molecule has 0 aromatic heterocycles. The Bertz CT molecular complexity index is 736. The van der Waals surface area contributed by atoms with E-state index in [4.69, 9.17) is 4.43 Å². The Morgan fingerprint density at radius 1 is 1.42 bits per heavy atom. The first kappa shape index (κ1) is 21.0. The first-order chi connectivity index (χ1) is 11.8. The lowest BCUT2D eigenvalue weighted by Crippen LogP contribution is -2.45. The molecule has 0 aliphatic carbocycles. The van der Waals surface area contributed by atoms with Crippen LogP contribution in [0.4, 0.5) is 15.8 Å². The molecule has 1 saturated heterocycles. The van der Waals surface area contributed by atoms with Crippen molar-refractivity contribution in [2.24, 2.45) is 0 Å². The van der Waals surface area contributed by atoms with Gasteiger partial charge in [-0.3, -0.25) is 14.9 Å². The van der Waals surface area contributed by atoms with Crippen LogP contribution >= 0.6 is 15.9 Å². The van der Waals surface area contributed by atoms with Crippen molar-refractivity contribution in [1.82, 2.24) is 0 Å². The largest absolute Gasteiger partial charge is 0.415 e. The van der Waals surface area contributed by atoms with Gasteiger partial charge in [-0.2, -0.15) is 4.39 Å². The number of anilines is 1. The number of nitrogens with zero attached hydrogens (tertiary/aromatic N) is 2. The molecule has 144 valence electrons. The molecular weight excluding hydrogens is 423 g/mol. The van der Waals surface area contributed by atoms with Gasteiger partial charge >= 0.3 is 5.69 Å². The zero-order valence-corrected chi connectivity index (χ0v) is 18.2. The van der Waals surface area contributed by atoms with E-state index in [9.17, 15) is 19.3 Å². The Morgan fingerprint density at radius 3 is 2.58 bits per heavy atom. The Kier molecular flexibility index (Phi) is 5.94. The summed E-state index contributed by atoms with van der Waals surface area (Å²) < 4.78 is 20.7. The number of nitro groups is 1. The molecule has 1 unspecified atom stereocenters. The number of halogens is 2. The maximum absolute atomic E-state index is 14.2. The molecule has 0 bridgehead atoms. The predicted molar refractivity (Wildman–Crippen MR) is 104 cm³/mol. The van der Waals surface area contributed by atoms with Crippen LogP contribution in [0.1, 0.15) is 33.6 Å². The van der Waals surface area contributed by atoms with Crippen LogP contribution in [0.3, 0.4) is 0 Å². The van der Waals surface area contributed by atoms with Crippen LogP contribution in [-0.2, 0) is 9.22 Å². The number of nitro benzene ring substituents is 1.